The molecule has 0 bridgehead atoms. The summed E-state index contributed by atoms with van der Waals surface area (Å²) in [6.07, 6.45) is 3.08. The fraction of sp³-hybridized carbons (Fsp3) is 0.462. The van der Waals surface area contributed by atoms with Gasteiger partial charge in [-0.15, -0.1) is 0 Å². The van der Waals surface area contributed by atoms with Gasteiger partial charge in [-0.2, -0.15) is 0 Å². The van der Waals surface area contributed by atoms with Crippen LogP contribution in [0, 0.1) is 10.1 Å². The summed E-state index contributed by atoms with van der Waals surface area (Å²) in [6.45, 7) is 4.40. The molecule has 0 aliphatic carbocycles. The molecule has 6 heteroatoms. The normalized spacial score (nSPS) is 11.7. The van der Waals surface area contributed by atoms with E-state index in [-0.39, 0.29) is 5.69 Å². The van der Waals surface area contributed by atoms with Gasteiger partial charge in [0.15, 0.2) is 0 Å². The van der Waals surface area contributed by atoms with Crippen molar-refractivity contribution in [2.45, 2.75) is 32.3 Å². The Balaban J connectivity index is 2.69. The molecule has 104 valence electrons. The molecule has 2 N–H and O–H groups in total. The van der Waals surface area contributed by atoms with Gasteiger partial charge in [-0.1, -0.05) is 19.0 Å². The molecule has 0 heterocycles. The molecule has 0 amide bonds. The van der Waals surface area contributed by atoms with E-state index in [1.54, 1.807) is 12.1 Å². The van der Waals surface area contributed by atoms with Gasteiger partial charge in [-0.05, 0) is 30.5 Å². The number of rotatable bonds is 7. The number of hydrogen-bond donors (Lipinski definition) is 1. The van der Waals surface area contributed by atoms with Crippen LogP contribution in [0.4, 0.5) is 5.69 Å². The average Bonchev–Trinajstić information content (AvgIpc) is 2.45. The molecule has 1 aromatic rings. The van der Waals surface area contributed by atoms with E-state index in [4.69, 9.17) is 10.6 Å². The number of nitro groups is 1. The number of hydrogen-bond acceptors (Lipinski definition) is 5. The Morgan fingerprint density at radius 3 is 2.37 bits per heavy atom. The Hall–Kier alpha value is -1.95. The second kappa shape index (κ2) is 6.84. The molecule has 0 spiro atoms. The van der Waals surface area contributed by atoms with Gasteiger partial charge in [0.2, 0.25) is 0 Å². The maximum Gasteiger partial charge on any atom is 0.269 e. The van der Waals surface area contributed by atoms with E-state index in [9.17, 15) is 10.1 Å². The number of nitrogens with zero attached hydrogens (tertiary/aromatic N) is 2. The molecule has 6 nitrogen and oxygen atoms in total. The van der Waals surface area contributed by atoms with E-state index in [1.165, 1.54) is 18.3 Å². The van der Waals surface area contributed by atoms with Gasteiger partial charge in [0.25, 0.3) is 5.69 Å². The lowest BCUT2D eigenvalue weighted by molar-refractivity contribution is -0.384. The van der Waals surface area contributed by atoms with Crippen LogP contribution in [0.25, 0.3) is 0 Å². The van der Waals surface area contributed by atoms with Crippen molar-refractivity contribution in [3.63, 3.8) is 0 Å². The van der Waals surface area contributed by atoms with Gasteiger partial charge >= 0.3 is 0 Å². The van der Waals surface area contributed by atoms with Crippen molar-refractivity contribution in [1.29, 1.82) is 0 Å². The summed E-state index contributed by atoms with van der Waals surface area (Å²) in [5.74, 6) is 0. The molecule has 1 rings (SSSR count). The maximum atomic E-state index is 10.5. The number of nitro benzene ring substituents is 1. The Morgan fingerprint density at radius 2 is 1.95 bits per heavy atom. The van der Waals surface area contributed by atoms with Crippen molar-refractivity contribution in [1.82, 2.24) is 0 Å². The minimum absolute atomic E-state index is 0.0523. The molecule has 0 saturated heterocycles. The fourth-order valence-electron chi connectivity index (χ4n) is 1.59. The van der Waals surface area contributed by atoms with Crippen LogP contribution in [0.5, 0.6) is 0 Å². The molecule has 0 aromatic heterocycles. The number of oxime groups is 1. The monoisotopic (exact) mass is 265 g/mol. The highest BCUT2D eigenvalue weighted by molar-refractivity contribution is 5.79. The highest BCUT2D eigenvalue weighted by Crippen LogP contribution is 2.19. The molecule has 0 radical (unpaired) electrons. The first-order valence-electron chi connectivity index (χ1n) is 6.23. The van der Waals surface area contributed by atoms with Gasteiger partial charge in [0.05, 0.1) is 11.1 Å². The summed E-state index contributed by atoms with van der Waals surface area (Å²) < 4.78 is 0. The summed E-state index contributed by atoms with van der Waals surface area (Å²) in [5.41, 5.74) is 6.05. The highest BCUT2D eigenvalue weighted by Gasteiger charge is 2.26. The quantitative estimate of drug-likeness (QED) is 0.465. The molecular weight excluding hydrogens is 246 g/mol. The van der Waals surface area contributed by atoms with Crippen molar-refractivity contribution in [2.75, 3.05) is 6.54 Å². The lowest BCUT2D eigenvalue weighted by atomic mass is 9.98. The third-order valence-electron chi connectivity index (χ3n) is 3.21. The zero-order valence-electron chi connectivity index (χ0n) is 11.2. The van der Waals surface area contributed by atoms with Crippen LogP contribution in [-0.4, -0.2) is 23.3 Å². The van der Waals surface area contributed by atoms with E-state index >= 15 is 0 Å². The third kappa shape index (κ3) is 4.03. The zero-order valence-corrected chi connectivity index (χ0v) is 11.2. The zero-order chi connectivity index (χ0) is 14.3. The molecule has 0 aliphatic heterocycles. The third-order valence-corrected chi connectivity index (χ3v) is 3.21. The van der Waals surface area contributed by atoms with Gasteiger partial charge < -0.3 is 10.6 Å². The van der Waals surface area contributed by atoms with E-state index in [1.807, 2.05) is 13.8 Å². The van der Waals surface area contributed by atoms with Crippen molar-refractivity contribution in [2.24, 2.45) is 10.9 Å². The van der Waals surface area contributed by atoms with Crippen molar-refractivity contribution < 1.29 is 9.76 Å². The van der Waals surface area contributed by atoms with E-state index in [0.717, 1.165) is 18.4 Å². The van der Waals surface area contributed by atoms with Crippen LogP contribution >= 0.6 is 0 Å². The van der Waals surface area contributed by atoms with Crippen LogP contribution in [0.3, 0.4) is 0 Å². The van der Waals surface area contributed by atoms with Crippen LogP contribution < -0.4 is 5.73 Å². The molecule has 19 heavy (non-hydrogen) atoms. The Labute approximate surface area is 112 Å². The Bertz CT molecular complexity index is 431. The average molecular weight is 265 g/mol. The number of benzene rings is 1. The second-order valence-corrected chi connectivity index (χ2v) is 4.27. The summed E-state index contributed by atoms with van der Waals surface area (Å²) in [5, 5.41) is 14.4. The lowest BCUT2D eigenvalue weighted by Gasteiger charge is -2.26. The van der Waals surface area contributed by atoms with Crippen molar-refractivity contribution >= 4 is 11.9 Å². The maximum absolute atomic E-state index is 10.5. The first-order valence-corrected chi connectivity index (χ1v) is 6.23. The topological polar surface area (TPSA) is 90.8 Å². The van der Waals surface area contributed by atoms with Gasteiger partial charge in [0, 0.05) is 18.7 Å². The second-order valence-electron chi connectivity index (χ2n) is 4.27. The Morgan fingerprint density at radius 1 is 1.37 bits per heavy atom. The largest absolute Gasteiger partial charge is 0.388 e. The number of nitrogens with two attached hydrogens (primary N) is 1. The molecule has 0 fully saturated rings. The summed E-state index contributed by atoms with van der Waals surface area (Å²) in [4.78, 5) is 15.5. The standard InChI is InChI=1S/C13H19N3O3/c1-3-13(4-2,10-14)19-15-9-11-5-7-12(8-6-11)16(17)18/h5-9H,3-4,10,14H2,1-2H3/b15-9+. The van der Waals surface area contributed by atoms with Crippen LogP contribution in [-0.2, 0) is 4.84 Å². The van der Waals surface area contributed by atoms with Crippen LogP contribution in [0.2, 0.25) is 0 Å². The van der Waals surface area contributed by atoms with E-state index < -0.39 is 10.5 Å². The molecule has 0 unspecified atom stereocenters. The first-order chi connectivity index (χ1) is 9.06. The smallest absolute Gasteiger partial charge is 0.269 e. The van der Waals surface area contributed by atoms with E-state index in [0.29, 0.717) is 6.54 Å². The molecular formula is C13H19N3O3. The summed E-state index contributed by atoms with van der Waals surface area (Å²) >= 11 is 0. The van der Waals surface area contributed by atoms with Gasteiger partial charge in [-0.3, -0.25) is 10.1 Å². The fourth-order valence-corrected chi connectivity index (χ4v) is 1.59. The number of non-ortho nitro benzene ring substituents is 1. The molecule has 0 saturated carbocycles. The summed E-state index contributed by atoms with van der Waals surface area (Å²) in [6, 6.07) is 6.09. The first kappa shape index (κ1) is 15.1. The van der Waals surface area contributed by atoms with Crippen LogP contribution in [0.1, 0.15) is 32.3 Å². The predicted octanol–water partition coefficient (Wildman–Crippen LogP) is 2.46. The SMILES string of the molecule is CCC(CC)(CN)O/N=C/c1ccc([N+](=O)[O-])cc1. The lowest BCUT2D eigenvalue weighted by Crippen LogP contribution is -2.38. The van der Waals surface area contributed by atoms with Crippen molar-refractivity contribution in [3.05, 3.63) is 39.9 Å². The molecule has 0 aliphatic rings. The van der Waals surface area contributed by atoms with Crippen LogP contribution in [0.15, 0.2) is 29.4 Å². The highest BCUT2D eigenvalue weighted by atomic mass is 16.6. The summed E-state index contributed by atoms with van der Waals surface area (Å²) in [7, 11) is 0. The van der Waals surface area contributed by atoms with E-state index in [2.05, 4.69) is 5.16 Å². The minimum Gasteiger partial charge on any atom is -0.388 e. The van der Waals surface area contributed by atoms with Crippen molar-refractivity contribution in [3.8, 4) is 0 Å². The van der Waals surface area contributed by atoms with Gasteiger partial charge in [-0.25, -0.2) is 0 Å². The van der Waals surface area contributed by atoms with Gasteiger partial charge in [0.1, 0.15) is 5.60 Å². The minimum atomic E-state index is -0.439. The molecule has 0 atom stereocenters. The molecule has 1 aromatic carbocycles. The Kier molecular flexibility index (Phi) is 5.44. The predicted molar refractivity (Wildman–Crippen MR) is 74.1 cm³/mol.